The first-order chi connectivity index (χ1) is 12.1. The topological polar surface area (TPSA) is 45.5 Å². The second-order valence-corrected chi connectivity index (χ2v) is 6.80. The molecule has 3 rings (SSSR count). The minimum absolute atomic E-state index is 0.213. The van der Waals surface area contributed by atoms with Gasteiger partial charge in [0.25, 0.3) is 5.91 Å². The van der Waals surface area contributed by atoms with Gasteiger partial charge in [-0.15, -0.1) is 0 Å². The lowest BCUT2D eigenvalue weighted by atomic mass is 10.0. The number of amides is 1. The lowest BCUT2D eigenvalue weighted by Crippen LogP contribution is -2.36. The van der Waals surface area contributed by atoms with Gasteiger partial charge in [0, 0.05) is 13.1 Å². The van der Waals surface area contributed by atoms with E-state index in [2.05, 4.69) is 17.1 Å². The largest absolute Gasteiger partial charge is 0.451 e. The molecule has 2 heterocycles. The highest BCUT2D eigenvalue weighted by Gasteiger charge is 2.16. The van der Waals surface area contributed by atoms with Gasteiger partial charge in [-0.1, -0.05) is 19.1 Å². The van der Waals surface area contributed by atoms with Gasteiger partial charge in [-0.3, -0.25) is 4.79 Å². The second kappa shape index (κ2) is 8.30. The van der Waals surface area contributed by atoms with Crippen LogP contribution in [0.15, 0.2) is 40.8 Å². The monoisotopic (exact) mass is 344 g/mol. The van der Waals surface area contributed by atoms with Crippen LogP contribution in [0.2, 0.25) is 0 Å². The van der Waals surface area contributed by atoms with Crippen LogP contribution in [0.4, 0.5) is 4.39 Å². The maximum Gasteiger partial charge on any atom is 0.287 e. The first-order valence-electron chi connectivity index (χ1n) is 8.99. The Labute approximate surface area is 148 Å². The van der Waals surface area contributed by atoms with Gasteiger partial charge in [-0.2, -0.15) is 0 Å². The van der Waals surface area contributed by atoms with Gasteiger partial charge < -0.3 is 14.6 Å². The number of hydrogen-bond acceptors (Lipinski definition) is 3. The van der Waals surface area contributed by atoms with Crippen LogP contribution in [0.5, 0.6) is 0 Å². The third-order valence-electron chi connectivity index (χ3n) is 4.65. The zero-order chi connectivity index (χ0) is 17.6. The highest BCUT2D eigenvalue weighted by atomic mass is 19.1. The molecule has 0 saturated carbocycles. The van der Waals surface area contributed by atoms with Crippen LogP contribution >= 0.6 is 0 Å². The Hall–Kier alpha value is -2.14. The van der Waals surface area contributed by atoms with Gasteiger partial charge in [0.05, 0.1) is 5.56 Å². The first kappa shape index (κ1) is 17.7. The fourth-order valence-electron chi connectivity index (χ4n) is 3.35. The molecular weight excluding hydrogens is 319 g/mol. The van der Waals surface area contributed by atoms with Gasteiger partial charge in [0.1, 0.15) is 11.6 Å². The normalized spacial score (nSPS) is 18.2. The molecule has 4 nitrogen and oxygen atoms in total. The Morgan fingerprint density at radius 1 is 1.32 bits per heavy atom. The summed E-state index contributed by atoms with van der Waals surface area (Å²) in [6, 6.07) is 9.58. The second-order valence-electron chi connectivity index (χ2n) is 6.80. The minimum Gasteiger partial charge on any atom is -0.451 e. The summed E-state index contributed by atoms with van der Waals surface area (Å²) in [6.45, 7) is 6.21. The summed E-state index contributed by atoms with van der Waals surface area (Å²) >= 11 is 0. The Kier molecular flexibility index (Phi) is 5.87. The zero-order valence-corrected chi connectivity index (χ0v) is 14.6. The molecule has 1 aromatic carbocycles. The molecule has 0 spiro atoms. The van der Waals surface area contributed by atoms with E-state index in [0.717, 1.165) is 32.0 Å². The summed E-state index contributed by atoms with van der Waals surface area (Å²) in [4.78, 5) is 14.6. The van der Waals surface area contributed by atoms with Crippen molar-refractivity contribution in [3.63, 3.8) is 0 Å². The molecule has 0 aliphatic carbocycles. The average molecular weight is 344 g/mol. The number of halogens is 1. The fraction of sp³-hybridized carbons (Fsp3) is 0.450. The highest BCUT2D eigenvalue weighted by Crippen LogP contribution is 2.24. The summed E-state index contributed by atoms with van der Waals surface area (Å²) in [6.07, 6.45) is 3.49. The predicted molar refractivity (Wildman–Crippen MR) is 95.9 cm³/mol. The Morgan fingerprint density at radius 3 is 2.96 bits per heavy atom. The molecule has 1 amide bonds. The summed E-state index contributed by atoms with van der Waals surface area (Å²) < 4.78 is 19.3. The zero-order valence-electron chi connectivity index (χ0n) is 14.6. The SMILES string of the molecule is C[C@H]1CCCN(CCCNC(=O)c2ccc(-c3ccccc3F)o2)C1. The van der Waals surface area contributed by atoms with Crippen molar-refractivity contribution in [1.29, 1.82) is 0 Å². The molecule has 1 atom stereocenters. The number of piperidine rings is 1. The van der Waals surface area contributed by atoms with Crippen molar-refractivity contribution in [2.24, 2.45) is 5.92 Å². The molecular formula is C20H25FN2O2. The average Bonchev–Trinajstić information content (AvgIpc) is 3.09. The van der Waals surface area contributed by atoms with E-state index in [9.17, 15) is 9.18 Å². The Morgan fingerprint density at radius 2 is 2.16 bits per heavy atom. The number of rotatable bonds is 6. The first-order valence-corrected chi connectivity index (χ1v) is 8.99. The number of hydrogen-bond donors (Lipinski definition) is 1. The maximum absolute atomic E-state index is 13.8. The third-order valence-corrected chi connectivity index (χ3v) is 4.65. The quantitative estimate of drug-likeness (QED) is 0.808. The molecule has 134 valence electrons. The summed E-state index contributed by atoms with van der Waals surface area (Å²) in [5, 5.41) is 2.88. The molecule has 1 saturated heterocycles. The molecule has 1 aliphatic rings. The van der Waals surface area contributed by atoms with Gasteiger partial charge in [0.15, 0.2) is 5.76 Å². The summed E-state index contributed by atoms with van der Waals surface area (Å²) in [5.41, 5.74) is 0.362. The van der Waals surface area contributed by atoms with Crippen molar-refractivity contribution in [2.45, 2.75) is 26.2 Å². The molecule has 5 heteroatoms. The van der Waals surface area contributed by atoms with Crippen LogP contribution in [0.25, 0.3) is 11.3 Å². The number of carbonyl (C=O) groups is 1. The maximum atomic E-state index is 13.8. The molecule has 2 aromatic rings. The minimum atomic E-state index is -0.362. The van der Waals surface area contributed by atoms with Crippen molar-refractivity contribution in [3.8, 4) is 11.3 Å². The Balaban J connectivity index is 1.47. The van der Waals surface area contributed by atoms with E-state index in [-0.39, 0.29) is 17.5 Å². The molecule has 0 unspecified atom stereocenters. The van der Waals surface area contributed by atoms with Crippen molar-refractivity contribution >= 4 is 5.91 Å². The van der Waals surface area contributed by atoms with E-state index in [1.165, 1.54) is 18.9 Å². The van der Waals surface area contributed by atoms with Gasteiger partial charge >= 0.3 is 0 Å². The number of nitrogens with one attached hydrogen (secondary N) is 1. The van der Waals surface area contributed by atoms with Crippen LogP contribution in [-0.2, 0) is 0 Å². The van der Waals surface area contributed by atoms with Crippen LogP contribution in [-0.4, -0.2) is 37.0 Å². The van der Waals surface area contributed by atoms with E-state index >= 15 is 0 Å². The smallest absolute Gasteiger partial charge is 0.287 e. The van der Waals surface area contributed by atoms with Crippen LogP contribution < -0.4 is 5.32 Å². The van der Waals surface area contributed by atoms with Crippen LogP contribution in [0.1, 0.15) is 36.7 Å². The molecule has 25 heavy (non-hydrogen) atoms. The molecule has 1 aromatic heterocycles. The number of likely N-dealkylation sites (tertiary alicyclic amines) is 1. The summed E-state index contributed by atoms with van der Waals surface area (Å²) in [5.74, 6) is 0.729. The fourth-order valence-corrected chi connectivity index (χ4v) is 3.35. The molecule has 0 radical (unpaired) electrons. The van der Waals surface area contributed by atoms with Crippen molar-refractivity contribution in [3.05, 3.63) is 48.0 Å². The standard InChI is InChI=1S/C20H25FN2O2/c1-15-6-4-12-23(14-15)13-5-11-22-20(24)19-10-9-18(25-19)16-7-2-3-8-17(16)21/h2-3,7-10,15H,4-6,11-14H2,1H3,(H,22,24)/t15-/m0/s1. The number of furan rings is 1. The number of nitrogens with zero attached hydrogens (tertiary/aromatic N) is 1. The van der Waals surface area contributed by atoms with E-state index in [1.807, 2.05) is 0 Å². The third kappa shape index (κ3) is 4.69. The van der Waals surface area contributed by atoms with Gasteiger partial charge in [0.2, 0.25) is 0 Å². The number of carbonyl (C=O) groups excluding carboxylic acids is 1. The van der Waals surface area contributed by atoms with Gasteiger partial charge in [-0.25, -0.2) is 4.39 Å². The molecule has 1 fully saturated rings. The molecule has 1 aliphatic heterocycles. The molecule has 0 bridgehead atoms. The van der Waals surface area contributed by atoms with Crippen molar-refractivity contribution in [1.82, 2.24) is 10.2 Å². The predicted octanol–water partition coefficient (Wildman–Crippen LogP) is 3.94. The Bertz CT molecular complexity index is 713. The lowest BCUT2D eigenvalue weighted by molar-refractivity contribution is 0.0923. The van der Waals surface area contributed by atoms with Crippen molar-refractivity contribution in [2.75, 3.05) is 26.2 Å². The van der Waals surface area contributed by atoms with E-state index < -0.39 is 0 Å². The van der Waals surface area contributed by atoms with E-state index in [0.29, 0.717) is 17.9 Å². The summed E-state index contributed by atoms with van der Waals surface area (Å²) in [7, 11) is 0. The van der Waals surface area contributed by atoms with E-state index in [4.69, 9.17) is 4.42 Å². The number of benzene rings is 1. The molecule has 1 N–H and O–H groups in total. The van der Waals surface area contributed by atoms with Gasteiger partial charge in [-0.05, 0) is 62.5 Å². The van der Waals surface area contributed by atoms with Crippen molar-refractivity contribution < 1.29 is 13.6 Å². The van der Waals surface area contributed by atoms with Crippen LogP contribution in [0.3, 0.4) is 0 Å². The van der Waals surface area contributed by atoms with Crippen LogP contribution in [0, 0.1) is 11.7 Å². The highest BCUT2D eigenvalue weighted by molar-refractivity contribution is 5.92. The van der Waals surface area contributed by atoms with E-state index in [1.54, 1.807) is 30.3 Å². The lowest BCUT2D eigenvalue weighted by Gasteiger charge is -2.30.